The van der Waals surface area contributed by atoms with Crippen molar-refractivity contribution in [3.05, 3.63) is 6.33 Å². The van der Waals surface area contributed by atoms with Gasteiger partial charge in [-0.05, 0) is 6.42 Å². The van der Waals surface area contributed by atoms with Crippen LogP contribution in [0.1, 0.15) is 20.3 Å². The first-order valence-corrected chi connectivity index (χ1v) is 8.57. The van der Waals surface area contributed by atoms with Crippen LogP contribution in [0.3, 0.4) is 0 Å². The summed E-state index contributed by atoms with van der Waals surface area (Å²) in [5.74, 6) is 0.864. The van der Waals surface area contributed by atoms with E-state index in [1.807, 2.05) is 0 Å². The van der Waals surface area contributed by atoms with Crippen molar-refractivity contribution in [1.82, 2.24) is 13.9 Å². The first-order chi connectivity index (χ1) is 8.74. The van der Waals surface area contributed by atoms with Gasteiger partial charge in [-0.2, -0.15) is 16.1 Å². The van der Waals surface area contributed by atoms with Gasteiger partial charge in [0.2, 0.25) is 0 Å². The fraction of sp³-hybridized carbons (Fsp3) is 0.727. The van der Waals surface area contributed by atoms with Crippen molar-refractivity contribution in [2.75, 3.05) is 24.6 Å². The zero-order valence-electron chi connectivity index (χ0n) is 11.5. The highest BCUT2D eigenvalue weighted by Crippen LogP contribution is 2.32. The minimum absolute atomic E-state index is 0.0682. The van der Waals surface area contributed by atoms with Gasteiger partial charge in [0.1, 0.15) is 0 Å². The molecule has 1 aromatic rings. The molecule has 0 aromatic carbocycles. The van der Waals surface area contributed by atoms with E-state index in [1.54, 1.807) is 18.8 Å². The lowest BCUT2D eigenvalue weighted by molar-refractivity contribution is 0.412. The molecule has 2 heterocycles. The quantitative estimate of drug-likeness (QED) is 0.878. The normalized spacial score (nSPS) is 21.2. The summed E-state index contributed by atoms with van der Waals surface area (Å²) >= 11 is 1.81. The van der Waals surface area contributed by atoms with E-state index in [0.717, 1.165) is 12.2 Å². The standard InChI is InChI=1S/C11H20N4O2S2/c1-11(2)4-5-15(6-7-18-11)19(16,17)10-9(12)13-8-14(10)3/h8H,4-7,12H2,1-3H3. The number of aromatic nitrogens is 2. The molecule has 0 spiro atoms. The Morgan fingerprint density at radius 2 is 2.11 bits per heavy atom. The lowest BCUT2D eigenvalue weighted by Crippen LogP contribution is -2.35. The van der Waals surface area contributed by atoms with Gasteiger partial charge >= 0.3 is 0 Å². The number of anilines is 1. The van der Waals surface area contributed by atoms with E-state index >= 15 is 0 Å². The summed E-state index contributed by atoms with van der Waals surface area (Å²) in [6.07, 6.45) is 2.26. The zero-order chi connectivity index (χ0) is 14.3. The first-order valence-electron chi connectivity index (χ1n) is 6.15. The van der Waals surface area contributed by atoms with E-state index in [4.69, 9.17) is 5.73 Å². The number of rotatable bonds is 2. The highest BCUT2D eigenvalue weighted by atomic mass is 32.2. The topological polar surface area (TPSA) is 81.2 Å². The molecule has 0 saturated carbocycles. The Morgan fingerprint density at radius 1 is 1.42 bits per heavy atom. The molecule has 1 aliphatic rings. The molecule has 1 fully saturated rings. The van der Waals surface area contributed by atoms with Crippen molar-refractivity contribution in [1.29, 1.82) is 0 Å². The molecule has 19 heavy (non-hydrogen) atoms. The molecule has 0 unspecified atom stereocenters. The smallest absolute Gasteiger partial charge is 0.262 e. The Bertz CT molecular complexity index is 546. The number of hydrogen-bond donors (Lipinski definition) is 1. The molecule has 1 saturated heterocycles. The average molecular weight is 304 g/mol. The fourth-order valence-electron chi connectivity index (χ4n) is 2.12. The van der Waals surface area contributed by atoms with Crippen molar-refractivity contribution >= 4 is 27.6 Å². The second-order valence-electron chi connectivity index (χ2n) is 5.31. The van der Waals surface area contributed by atoms with Crippen molar-refractivity contribution in [2.45, 2.75) is 30.0 Å². The van der Waals surface area contributed by atoms with Crippen LogP contribution in [0.15, 0.2) is 11.4 Å². The van der Waals surface area contributed by atoms with E-state index in [2.05, 4.69) is 18.8 Å². The average Bonchev–Trinajstić information content (AvgIpc) is 2.52. The Kier molecular flexibility index (Phi) is 3.85. The number of hydrogen-bond acceptors (Lipinski definition) is 5. The Hall–Kier alpha value is -0.730. The van der Waals surface area contributed by atoms with Crippen LogP contribution in [0.4, 0.5) is 5.82 Å². The maximum atomic E-state index is 12.6. The molecule has 8 heteroatoms. The molecular weight excluding hydrogens is 284 g/mol. The largest absolute Gasteiger partial charge is 0.381 e. The number of nitrogens with two attached hydrogens (primary N) is 1. The van der Waals surface area contributed by atoms with Crippen LogP contribution in [0.5, 0.6) is 0 Å². The van der Waals surface area contributed by atoms with Gasteiger partial charge in [-0.3, -0.25) is 0 Å². The molecule has 1 aliphatic heterocycles. The van der Waals surface area contributed by atoms with Crippen molar-refractivity contribution < 1.29 is 8.42 Å². The van der Waals surface area contributed by atoms with Crippen LogP contribution in [0.2, 0.25) is 0 Å². The summed E-state index contributed by atoms with van der Waals surface area (Å²) in [7, 11) is -1.91. The molecule has 0 aliphatic carbocycles. The van der Waals surface area contributed by atoms with E-state index in [0.29, 0.717) is 13.1 Å². The van der Waals surface area contributed by atoms with E-state index in [1.165, 1.54) is 15.2 Å². The fourth-order valence-corrected chi connectivity index (χ4v) is 4.97. The van der Waals surface area contributed by atoms with Crippen molar-refractivity contribution in [2.24, 2.45) is 7.05 Å². The lowest BCUT2D eigenvalue weighted by Gasteiger charge is -2.22. The minimum Gasteiger partial charge on any atom is -0.381 e. The van der Waals surface area contributed by atoms with Gasteiger partial charge in [0.25, 0.3) is 10.0 Å². The minimum atomic E-state index is -3.56. The van der Waals surface area contributed by atoms with Crippen molar-refractivity contribution in [3.63, 3.8) is 0 Å². The maximum Gasteiger partial charge on any atom is 0.262 e. The summed E-state index contributed by atoms with van der Waals surface area (Å²) in [5, 5.41) is 0.0946. The summed E-state index contributed by atoms with van der Waals surface area (Å²) in [6, 6.07) is 0. The van der Waals surface area contributed by atoms with E-state index < -0.39 is 10.0 Å². The van der Waals surface area contributed by atoms with Crippen molar-refractivity contribution in [3.8, 4) is 0 Å². The highest BCUT2D eigenvalue weighted by molar-refractivity contribution is 8.00. The molecule has 2 rings (SSSR count). The number of thioether (sulfide) groups is 1. The van der Waals surface area contributed by atoms with Gasteiger partial charge < -0.3 is 10.3 Å². The molecule has 2 N–H and O–H groups in total. The molecule has 0 bridgehead atoms. The van der Waals surface area contributed by atoms with Gasteiger partial charge in [0.15, 0.2) is 10.8 Å². The predicted molar refractivity (Wildman–Crippen MR) is 77.5 cm³/mol. The maximum absolute atomic E-state index is 12.6. The lowest BCUT2D eigenvalue weighted by atomic mass is 10.1. The van der Waals surface area contributed by atoms with Crippen LogP contribution in [0.25, 0.3) is 0 Å². The number of imidazole rings is 1. The number of sulfonamides is 1. The molecule has 0 atom stereocenters. The first kappa shape index (κ1) is 14.7. The number of nitrogens with zero attached hydrogens (tertiary/aromatic N) is 3. The predicted octanol–water partition coefficient (Wildman–Crippen LogP) is 0.909. The monoisotopic (exact) mass is 304 g/mol. The second kappa shape index (κ2) is 4.99. The summed E-state index contributed by atoms with van der Waals surface area (Å²) in [6.45, 7) is 5.33. The Balaban J connectivity index is 2.31. The zero-order valence-corrected chi connectivity index (χ0v) is 13.1. The van der Waals surface area contributed by atoms with Crippen LogP contribution >= 0.6 is 11.8 Å². The van der Waals surface area contributed by atoms with E-state index in [-0.39, 0.29) is 15.6 Å². The van der Waals surface area contributed by atoms with Gasteiger partial charge in [0.05, 0.1) is 6.33 Å². The highest BCUT2D eigenvalue weighted by Gasteiger charge is 2.33. The van der Waals surface area contributed by atoms with Gasteiger partial charge in [-0.1, -0.05) is 13.8 Å². The third kappa shape index (κ3) is 2.90. The number of nitrogen functional groups attached to an aromatic ring is 1. The third-order valence-electron chi connectivity index (χ3n) is 3.29. The molecule has 108 valence electrons. The Labute approximate surface area is 118 Å². The van der Waals surface area contributed by atoms with Gasteiger partial charge in [-0.25, -0.2) is 13.4 Å². The van der Waals surface area contributed by atoms with Crippen LogP contribution < -0.4 is 5.73 Å². The summed E-state index contributed by atoms with van der Waals surface area (Å²) in [4.78, 5) is 3.86. The van der Waals surface area contributed by atoms with Crippen LogP contribution in [-0.4, -0.2) is 45.9 Å². The molecular formula is C11H20N4O2S2. The van der Waals surface area contributed by atoms with Crippen LogP contribution in [0, 0.1) is 0 Å². The van der Waals surface area contributed by atoms with Gasteiger partial charge in [-0.15, -0.1) is 0 Å². The third-order valence-corrected chi connectivity index (χ3v) is 6.69. The second-order valence-corrected chi connectivity index (χ2v) is 8.96. The molecule has 0 radical (unpaired) electrons. The van der Waals surface area contributed by atoms with Gasteiger partial charge in [0, 0.05) is 30.6 Å². The molecule has 0 amide bonds. The molecule has 1 aromatic heterocycles. The molecule has 6 nitrogen and oxygen atoms in total. The SMILES string of the molecule is Cn1cnc(N)c1S(=O)(=O)N1CCSC(C)(C)CC1. The summed E-state index contributed by atoms with van der Waals surface area (Å²) in [5.41, 5.74) is 5.68. The number of aryl methyl sites for hydroxylation is 1. The summed E-state index contributed by atoms with van der Waals surface area (Å²) < 4.78 is 28.4. The van der Waals surface area contributed by atoms with E-state index in [9.17, 15) is 8.42 Å². The Morgan fingerprint density at radius 3 is 2.68 bits per heavy atom. The van der Waals surface area contributed by atoms with Crippen LogP contribution in [-0.2, 0) is 17.1 Å².